The Morgan fingerprint density at radius 3 is 2.28 bits per heavy atom. The molecular weight excluding hydrogens is 314 g/mol. The van der Waals surface area contributed by atoms with E-state index in [1.54, 1.807) is 0 Å². The number of carbonyl (C=O) groups excluding carboxylic acids is 2. The van der Waals surface area contributed by atoms with Gasteiger partial charge in [-0.05, 0) is 64.3 Å². The van der Waals surface area contributed by atoms with E-state index >= 15 is 0 Å². The summed E-state index contributed by atoms with van der Waals surface area (Å²) in [6.07, 6.45) is 11.8. The zero-order valence-electron chi connectivity index (χ0n) is 15.3. The van der Waals surface area contributed by atoms with Crippen molar-refractivity contribution in [2.45, 2.75) is 88.8 Å². The highest BCUT2D eigenvalue weighted by molar-refractivity contribution is 5.81. The van der Waals surface area contributed by atoms with Crippen LogP contribution in [0.2, 0.25) is 0 Å². The highest BCUT2D eigenvalue weighted by Crippen LogP contribution is 2.34. The van der Waals surface area contributed by atoms with Crippen molar-refractivity contribution >= 4 is 11.8 Å². The molecule has 2 saturated carbocycles. The van der Waals surface area contributed by atoms with E-state index in [0.717, 1.165) is 64.5 Å². The second kappa shape index (κ2) is 7.65. The first kappa shape index (κ1) is 17.3. The van der Waals surface area contributed by atoms with Crippen LogP contribution in [0.1, 0.15) is 70.6 Å². The minimum absolute atomic E-state index is 0.181. The maximum Gasteiger partial charge on any atom is 0.226 e. The molecule has 0 aromatic carbocycles. The molecule has 4 fully saturated rings. The Balaban J connectivity index is 1.28. The summed E-state index contributed by atoms with van der Waals surface area (Å²) < 4.78 is 0. The monoisotopic (exact) mass is 347 g/mol. The summed E-state index contributed by atoms with van der Waals surface area (Å²) >= 11 is 0. The van der Waals surface area contributed by atoms with Crippen molar-refractivity contribution in [3.05, 3.63) is 0 Å². The highest BCUT2D eigenvalue weighted by atomic mass is 16.2. The Hall–Kier alpha value is -1.10. The first-order chi connectivity index (χ1) is 12.2. The highest BCUT2D eigenvalue weighted by Gasteiger charge is 2.41. The van der Waals surface area contributed by atoms with Crippen LogP contribution in [0.4, 0.5) is 0 Å². The molecule has 0 radical (unpaired) electrons. The van der Waals surface area contributed by atoms with Crippen molar-refractivity contribution in [1.29, 1.82) is 0 Å². The standard InChI is InChI=1S/C20H33N3O2/c24-19(14-3-1-2-4-14)22-16-7-5-15(6-8-16)20(25)23-17-9-10-18(23)13-21-12-11-17/h14-18,21H,1-13H2,(H,22,24). The van der Waals surface area contributed by atoms with Gasteiger partial charge in [0, 0.05) is 36.5 Å². The molecule has 0 spiro atoms. The molecule has 25 heavy (non-hydrogen) atoms. The number of carbonyl (C=O) groups is 2. The van der Waals surface area contributed by atoms with E-state index < -0.39 is 0 Å². The minimum atomic E-state index is 0.181. The number of amides is 2. The van der Waals surface area contributed by atoms with Crippen molar-refractivity contribution in [2.24, 2.45) is 11.8 Å². The summed E-state index contributed by atoms with van der Waals surface area (Å²) in [7, 11) is 0. The van der Waals surface area contributed by atoms with Crippen LogP contribution < -0.4 is 10.6 Å². The molecule has 2 unspecified atom stereocenters. The van der Waals surface area contributed by atoms with Gasteiger partial charge in [0.25, 0.3) is 0 Å². The maximum atomic E-state index is 13.1. The van der Waals surface area contributed by atoms with Crippen LogP contribution in [-0.2, 0) is 9.59 Å². The molecule has 140 valence electrons. The topological polar surface area (TPSA) is 61.4 Å². The van der Waals surface area contributed by atoms with Crippen LogP contribution in [0.3, 0.4) is 0 Å². The lowest BCUT2D eigenvalue weighted by Crippen LogP contribution is -2.47. The van der Waals surface area contributed by atoms with Crippen LogP contribution in [0, 0.1) is 11.8 Å². The predicted octanol–water partition coefficient (Wildman–Crippen LogP) is 2.20. The first-order valence-electron chi connectivity index (χ1n) is 10.6. The van der Waals surface area contributed by atoms with Crippen molar-refractivity contribution in [3.63, 3.8) is 0 Å². The van der Waals surface area contributed by atoms with Crippen molar-refractivity contribution in [1.82, 2.24) is 15.5 Å². The Labute approximate surface area is 151 Å². The van der Waals surface area contributed by atoms with Crippen LogP contribution in [0.5, 0.6) is 0 Å². The zero-order chi connectivity index (χ0) is 17.2. The summed E-state index contributed by atoms with van der Waals surface area (Å²) in [6, 6.07) is 1.17. The van der Waals surface area contributed by atoms with Gasteiger partial charge in [0.1, 0.15) is 0 Å². The van der Waals surface area contributed by atoms with Crippen LogP contribution in [-0.4, -0.2) is 47.9 Å². The van der Waals surface area contributed by atoms with Crippen molar-refractivity contribution in [3.8, 4) is 0 Å². The number of hydrogen-bond acceptors (Lipinski definition) is 3. The molecule has 2 atom stereocenters. The molecule has 4 aliphatic rings. The molecule has 0 aromatic heterocycles. The van der Waals surface area contributed by atoms with Gasteiger partial charge < -0.3 is 15.5 Å². The van der Waals surface area contributed by atoms with E-state index in [1.165, 1.54) is 19.3 Å². The number of hydrogen-bond donors (Lipinski definition) is 2. The van der Waals surface area contributed by atoms with Gasteiger partial charge in [-0.1, -0.05) is 12.8 Å². The molecule has 2 N–H and O–H groups in total. The summed E-state index contributed by atoms with van der Waals surface area (Å²) in [5.41, 5.74) is 0. The van der Waals surface area contributed by atoms with E-state index in [-0.39, 0.29) is 17.7 Å². The molecule has 4 rings (SSSR count). The molecule has 5 nitrogen and oxygen atoms in total. The molecule has 2 aliphatic heterocycles. The fourth-order valence-corrected chi connectivity index (χ4v) is 5.54. The lowest BCUT2D eigenvalue weighted by Gasteiger charge is -2.35. The van der Waals surface area contributed by atoms with Gasteiger partial charge in [-0.2, -0.15) is 0 Å². The Morgan fingerprint density at radius 1 is 0.800 bits per heavy atom. The molecule has 2 saturated heterocycles. The number of nitrogens with one attached hydrogen (secondary N) is 2. The van der Waals surface area contributed by atoms with Crippen LogP contribution in [0.25, 0.3) is 0 Å². The lowest BCUT2D eigenvalue weighted by atomic mass is 9.84. The van der Waals surface area contributed by atoms with E-state index in [1.807, 2.05) is 0 Å². The molecule has 0 aromatic rings. The van der Waals surface area contributed by atoms with Gasteiger partial charge in [-0.15, -0.1) is 0 Å². The lowest BCUT2D eigenvalue weighted by molar-refractivity contribution is -0.139. The average molecular weight is 348 g/mol. The quantitative estimate of drug-likeness (QED) is 0.823. The van der Waals surface area contributed by atoms with Crippen molar-refractivity contribution in [2.75, 3.05) is 13.1 Å². The van der Waals surface area contributed by atoms with E-state index in [0.29, 0.717) is 24.0 Å². The third-order valence-corrected chi connectivity index (χ3v) is 7.06. The maximum absolute atomic E-state index is 13.1. The summed E-state index contributed by atoms with van der Waals surface area (Å²) in [5.74, 6) is 1.10. The predicted molar refractivity (Wildman–Crippen MR) is 97.0 cm³/mol. The van der Waals surface area contributed by atoms with Gasteiger partial charge in [-0.25, -0.2) is 0 Å². The third-order valence-electron chi connectivity index (χ3n) is 7.06. The van der Waals surface area contributed by atoms with E-state index in [9.17, 15) is 9.59 Å². The molecule has 2 heterocycles. The molecule has 2 amide bonds. The SMILES string of the molecule is O=C(NC1CCC(C(=O)N2C3CCNCC2CC3)CC1)C1CCCC1. The average Bonchev–Trinajstić information content (AvgIpc) is 3.22. The number of fused-ring (bicyclic) bond motifs is 2. The summed E-state index contributed by atoms with van der Waals surface area (Å²) in [6.45, 7) is 2.01. The number of rotatable bonds is 3. The largest absolute Gasteiger partial charge is 0.353 e. The minimum Gasteiger partial charge on any atom is -0.353 e. The van der Waals surface area contributed by atoms with Crippen molar-refractivity contribution < 1.29 is 9.59 Å². The fraction of sp³-hybridized carbons (Fsp3) is 0.900. The third kappa shape index (κ3) is 3.71. The molecule has 5 heteroatoms. The van der Waals surface area contributed by atoms with Gasteiger partial charge >= 0.3 is 0 Å². The van der Waals surface area contributed by atoms with E-state index in [4.69, 9.17) is 0 Å². The van der Waals surface area contributed by atoms with Gasteiger partial charge in [0.05, 0.1) is 0 Å². The van der Waals surface area contributed by atoms with Crippen LogP contribution >= 0.6 is 0 Å². The smallest absolute Gasteiger partial charge is 0.226 e. The van der Waals surface area contributed by atoms with Gasteiger partial charge in [0.15, 0.2) is 0 Å². The Kier molecular flexibility index (Phi) is 5.30. The second-order valence-corrected chi connectivity index (χ2v) is 8.66. The van der Waals surface area contributed by atoms with Gasteiger partial charge in [-0.3, -0.25) is 9.59 Å². The van der Waals surface area contributed by atoms with Crippen LogP contribution in [0.15, 0.2) is 0 Å². The molecule has 2 aliphatic carbocycles. The zero-order valence-corrected chi connectivity index (χ0v) is 15.3. The fourth-order valence-electron chi connectivity index (χ4n) is 5.54. The Bertz CT molecular complexity index is 481. The molecule has 2 bridgehead atoms. The second-order valence-electron chi connectivity index (χ2n) is 8.66. The normalized spacial score (nSPS) is 36.2. The number of nitrogens with zero attached hydrogens (tertiary/aromatic N) is 1. The Morgan fingerprint density at radius 2 is 1.52 bits per heavy atom. The summed E-state index contributed by atoms with van der Waals surface area (Å²) in [5, 5.41) is 6.75. The first-order valence-corrected chi connectivity index (χ1v) is 10.6. The van der Waals surface area contributed by atoms with Gasteiger partial charge in [0.2, 0.25) is 11.8 Å². The molecular formula is C20H33N3O2. The van der Waals surface area contributed by atoms with E-state index in [2.05, 4.69) is 15.5 Å². The summed E-state index contributed by atoms with van der Waals surface area (Å²) in [4.78, 5) is 27.7.